The lowest BCUT2D eigenvalue weighted by atomic mass is 10.2. The summed E-state index contributed by atoms with van der Waals surface area (Å²) < 4.78 is 31.2. The van der Waals surface area contributed by atoms with Crippen molar-refractivity contribution in [3.63, 3.8) is 0 Å². The molecular formula is C15H17NO4S2. The number of carbonyl (C=O) groups is 1. The summed E-state index contributed by atoms with van der Waals surface area (Å²) in [4.78, 5) is 12.2. The number of benzene rings is 1. The molecule has 0 radical (unpaired) electrons. The molecule has 0 aliphatic heterocycles. The Hall–Kier alpha value is -1.70. The zero-order valence-electron chi connectivity index (χ0n) is 12.1. The highest BCUT2D eigenvalue weighted by Crippen LogP contribution is 2.17. The smallest absolute Gasteiger partial charge is 0.348 e. The van der Waals surface area contributed by atoms with Crippen molar-refractivity contribution < 1.29 is 17.9 Å². The van der Waals surface area contributed by atoms with E-state index in [-0.39, 0.29) is 10.9 Å². The van der Waals surface area contributed by atoms with Gasteiger partial charge in [0.1, 0.15) is 4.88 Å². The van der Waals surface area contributed by atoms with Gasteiger partial charge < -0.3 is 4.74 Å². The summed E-state index contributed by atoms with van der Waals surface area (Å²) >= 11 is 1.33. The first-order chi connectivity index (χ1) is 10.5. The third-order valence-electron chi connectivity index (χ3n) is 3.03. The first-order valence-corrected chi connectivity index (χ1v) is 9.09. The van der Waals surface area contributed by atoms with Crippen LogP contribution < -0.4 is 4.72 Å². The predicted octanol–water partition coefficient (Wildman–Crippen LogP) is 2.45. The maximum atomic E-state index is 12.0. The van der Waals surface area contributed by atoms with Gasteiger partial charge in [-0.3, -0.25) is 0 Å². The largest absolute Gasteiger partial charge is 0.465 e. The number of ether oxygens (including phenoxy) is 1. The molecule has 1 heterocycles. The fourth-order valence-corrected chi connectivity index (χ4v) is 3.85. The highest BCUT2D eigenvalue weighted by Gasteiger charge is 2.12. The van der Waals surface area contributed by atoms with Crippen molar-refractivity contribution in [2.45, 2.75) is 17.7 Å². The fourth-order valence-electron chi connectivity index (χ4n) is 1.90. The first-order valence-electron chi connectivity index (χ1n) is 6.73. The zero-order chi connectivity index (χ0) is 16.0. The van der Waals surface area contributed by atoms with Crippen molar-refractivity contribution in [3.8, 4) is 0 Å². The van der Waals surface area contributed by atoms with Crippen LogP contribution in [0.3, 0.4) is 0 Å². The molecule has 118 valence electrons. The highest BCUT2D eigenvalue weighted by molar-refractivity contribution is 7.89. The van der Waals surface area contributed by atoms with Gasteiger partial charge in [0.05, 0.1) is 12.0 Å². The normalized spacial score (nSPS) is 11.3. The lowest BCUT2D eigenvalue weighted by molar-refractivity contribution is 0.0606. The second-order valence-electron chi connectivity index (χ2n) is 4.63. The summed E-state index contributed by atoms with van der Waals surface area (Å²) in [6.07, 6.45) is 1.36. The van der Waals surface area contributed by atoms with Gasteiger partial charge in [0.25, 0.3) is 0 Å². The van der Waals surface area contributed by atoms with Crippen LogP contribution in [-0.4, -0.2) is 28.0 Å². The molecule has 0 aliphatic carbocycles. The number of sulfonamides is 1. The van der Waals surface area contributed by atoms with Crippen LogP contribution in [0.25, 0.3) is 0 Å². The van der Waals surface area contributed by atoms with Crippen molar-refractivity contribution in [1.29, 1.82) is 0 Å². The summed E-state index contributed by atoms with van der Waals surface area (Å²) in [6, 6.07) is 10.0. The Bertz CT molecular complexity index is 723. The number of thiophene rings is 1. The molecule has 0 fully saturated rings. The molecule has 0 aliphatic rings. The third-order valence-corrected chi connectivity index (χ3v) is 5.46. The van der Waals surface area contributed by atoms with Crippen molar-refractivity contribution in [3.05, 3.63) is 52.2 Å². The number of hydrogen-bond acceptors (Lipinski definition) is 5. The van der Waals surface area contributed by atoms with Gasteiger partial charge in [-0.2, -0.15) is 0 Å². The molecule has 0 atom stereocenters. The molecule has 22 heavy (non-hydrogen) atoms. The number of methoxy groups -OCH3 is 1. The second-order valence-corrected chi connectivity index (χ2v) is 7.30. The van der Waals surface area contributed by atoms with Crippen LogP contribution in [0.4, 0.5) is 0 Å². The minimum atomic E-state index is -3.45. The van der Waals surface area contributed by atoms with E-state index in [9.17, 15) is 13.2 Å². The van der Waals surface area contributed by atoms with Crippen molar-refractivity contribution >= 4 is 27.3 Å². The predicted molar refractivity (Wildman–Crippen MR) is 85.6 cm³/mol. The topological polar surface area (TPSA) is 72.5 Å². The van der Waals surface area contributed by atoms with Crippen molar-refractivity contribution in [2.75, 3.05) is 13.7 Å². The molecular weight excluding hydrogens is 322 g/mol. The fraction of sp³-hybridized carbons (Fsp3) is 0.267. The Balaban J connectivity index is 1.82. The summed E-state index contributed by atoms with van der Waals surface area (Å²) in [6.45, 7) is 0.348. The van der Waals surface area contributed by atoms with Crippen LogP contribution in [-0.2, 0) is 21.2 Å². The molecule has 2 rings (SSSR count). The van der Waals surface area contributed by atoms with Gasteiger partial charge in [0.15, 0.2) is 0 Å². The summed E-state index contributed by atoms with van der Waals surface area (Å²) in [7, 11) is -2.10. The average molecular weight is 339 g/mol. The van der Waals surface area contributed by atoms with Crippen LogP contribution in [0.1, 0.15) is 21.7 Å². The van der Waals surface area contributed by atoms with Crippen LogP contribution in [0.2, 0.25) is 0 Å². The van der Waals surface area contributed by atoms with Gasteiger partial charge in [-0.1, -0.05) is 18.2 Å². The SMILES string of the molecule is COC(=O)c1cc(CCCNS(=O)(=O)c2ccccc2)cs1. The maximum Gasteiger partial charge on any atom is 0.348 e. The zero-order valence-corrected chi connectivity index (χ0v) is 13.7. The monoisotopic (exact) mass is 339 g/mol. The van der Waals surface area contributed by atoms with E-state index in [4.69, 9.17) is 0 Å². The highest BCUT2D eigenvalue weighted by atomic mass is 32.2. The number of aryl methyl sites for hydroxylation is 1. The number of hydrogen-bond donors (Lipinski definition) is 1. The number of rotatable bonds is 7. The Labute approximate surface area is 134 Å². The van der Waals surface area contributed by atoms with Gasteiger partial charge in [-0.05, 0) is 42.0 Å². The van der Waals surface area contributed by atoms with E-state index in [1.54, 1.807) is 36.4 Å². The number of esters is 1. The van der Waals surface area contributed by atoms with E-state index < -0.39 is 10.0 Å². The molecule has 7 heteroatoms. The molecule has 0 amide bonds. The third kappa shape index (κ3) is 4.40. The van der Waals surface area contributed by atoms with Gasteiger partial charge in [0.2, 0.25) is 10.0 Å². The Morgan fingerprint density at radius 1 is 1.27 bits per heavy atom. The summed E-state index contributed by atoms with van der Waals surface area (Å²) in [5.41, 5.74) is 1.00. The Morgan fingerprint density at radius 3 is 2.68 bits per heavy atom. The van der Waals surface area contributed by atoms with Gasteiger partial charge in [-0.25, -0.2) is 17.9 Å². The molecule has 0 unspecified atom stereocenters. The number of carbonyl (C=O) groups excluding carboxylic acids is 1. The van der Waals surface area contributed by atoms with Crippen molar-refractivity contribution in [2.24, 2.45) is 0 Å². The summed E-state index contributed by atoms with van der Waals surface area (Å²) in [5.74, 6) is -0.346. The molecule has 1 N–H and O–H groups in total. The lowest BCUT2D eigenvalue weighted by Crippen LogP contribution is -2.25. The minimum Gasteiger partial charge on any atom is -0.465 e. The van der Waals surface area contributed by atoms with Crippen LogP contribution >= 0.6 is 11.3 Å². The standard InChI is InChI=1S/C15H17NO4S2/c1-20-15(17)14-10-12(11-21-14)6-5-9-16-22(18,19)13-7-3-2-4-8-13/h2-4,7-8,10-11,16H,5-6,9H2,1H3. The minimum absolute atomic E-state index is 0.263. The van der Waals surface area contributed by atoms with E-state index >= 15 is 0 Å². The Kier molecular flexibility index (Phi) is 5.70. The van der Waals surface area contributed by atoms with Gasteiger partial charge in [-0.15, -0.1) is 11.3 Å². The van der Waals surface area contributed by atoms with Gasteiger partial charge in [0, 0.05) is 6.54 Å². The first kappa shape index (κ1) is 16.7. The molecule has 1 aromatic heterocycles. The molecule has 0 saturated heterocycles. The summed E-state index contributed by atoms with van der Waals surface area (Å²) in [5, 5.41) is 1.89. The van der Waals surface area contributed by atoms with Crippen LogP contribution in [0.15, 0.2) is 46.7 Å². The maximum absolute atomic E-state index is 12.0. The molecule has 1 aromatic carbocycles. The van der Waals surface area contributed by atoms with E-state index in [2.05, 4.69) is 9.46 Å². The van der Waals surface area contributed by atoms with E-state index in [1.165, 1.54) is 18.4 Å². The lowest BCUT2D eigenvalue weighted by Gasteiger charge is -2.06. The molecule has 2 aromatic rings. The van der Waals surface area contributed by atoms with E-state index in [0.717, 1.165) is 5.56 Å². The quantitative estimate of drug-likeness (QED) is 0.621. The second kappa shape index (κ2) is 7.53. The van der Waals surface area contributed by atoms with E-state index in [0.29, 0.717) is 24.3 Å². The molecule has 0 bridgehead atoms. The number of nitrogens with one attached hydrogen (secondary N) is 1. The van der Waals surface area contributed by atoms with Crippen molar-refractivity contribution in [1.82, 2.24) is 4.72 Å². The Morgan fingerprint density at radius 2 is 2.00 bits per heavy atom. The average Bonchev–Trinajstić information content (AvgIpc) is 3.00. The van der Waals surface area contributed by atoms with Gasteiger partial charge >= 0.3 is 5.97 Å². The molecule has 5 nitrogen and oxygen atoms in total. The van der Waals surface area contributed by atoms with E-state index in [1.807, 2.05) is 5.38 Å². The molecule has 0 spiro atoms. The molecule has 0 saturated carbocycles. The van der Waals surface area contributed by atoms with Crippen LogP contribution in [0, 0.1) is 0 Å². The van der Waals surface area contributed by atoms with Crippen LogP contribution in [0.5, 0.6) is 0 Å².